The van der Waals surface area contributed by atoms with Crippen molar-refractivity contribution in [3.8, 4) is 0 Å². The molecular weight excluding hydrogens is 382 g/mol. The first-order chi connectivity index (χ1) is 13.4. The molecule has 3 heterocycles. The van der Waals surface area contributed by atoms with E-state index in [1.54, 1.807) is 10.7 Å². The second-order valence-corrected chi connectivity index (χ2v) is 8.45. The van der Waals surface area contributed by atoms with Gasteiger partial charge in [0.25, 0.3) is 0 Å². The molecule has 28 heavy (non-hydrogen) atoms. The molecule has 0 spiro atoms. The van der Waals surface area contributed by atoms with Gasteiger partial charge in [0.15, 0.2) is 5.65 Å². The van der Waals surface area contributed by atoms with Crippen LogP contribution in [0.3, 0.4) is 0 Å². The van der Waals surface area contributed by atoms with Crippen LogP contribution in [0.2, 0.25) is 0 Å². The van der Waals surface area contributed by atoms with Crippen LogP contribution < -0.4 is 5.32 Å². The van der Waals surface area contributed by atoms with Crippen molar-refractivity contribution < 1.29 is 17.9 Å². The van der Waals surface area contributed by atoms with Crippen molar-refractivity contribution in [2.75, 3.05) is 19.0 Å². The zero-order chi connectivity index (χ0) is 19.9. The summed E-state index contributed by atoms with van der Waals surface area (Å²) < 4.78 is 33.8. The topological polar surface area (TPSA) is 106 Å². The lowest BCUT2D eigenvalue weighted by Crippen LogP contribution is -2.37. The third-order valence-electron chi connectivity index (χ3n) is 4.66. The van der Waals surface area contributed by atoms with Crippen molar-refractivity contribution in [2.45, 2.75) is 24.8 Å². The van der Waals surface area contributed by atoms with Gasteiger partial charge < -0.3 is 4.74 Å². The van der Waals surface area contributed by atoms with Crippen LogP contribution >= 0.6 is 0 Å². The van der Waals surface area contributed by atoms with Gasteiger partial charge >= 0.3 is 6.09 Å². The Balaban J connectivity index is 1.59. The van der Waals surface area contributed by atoms with E-state index in [2.05, 4.69) is 20.1 Å². The van der Waals surface area contributed by atoms with Crippen molar-refractivity contribution in [3.05, 3.63) is 53.5 Å². The zero-order valence-electron chi connectivity index (χ0n) is 15.4. The molecule has 0 unspecified atom stereocenters. The molecule has 0 saturated carbocycles. The molecule has 9 nitrogen and oxygen atoms in total. The van der Waals surface area contributed by atoms with Crippen LogP contribution in [0.15, 0.2) is 41.4 Å². The highest BCUT2D eigenvalue weighted by Crippen LogP contribution is 2.26. The minimum Gasteiger partial charge on any atom is -0.453 e. The van der Waals surface area contributed by atoms with Crippen molar-refractivity contribution in [3.63, 3.8) is 0 Å². The summed E-state index contributed by atoms with van der Waals surface area (Å²) in [7, 11) is -2.41. The van der Waals surface area contributed by atoms with E-state index in [9.17, 15) is 13.2 Å². The van der Waals surface area contributed by atoms with E-state index in [1.165, 1.54) is 35.7 Å². The lowest BCUT2D eigenvalue weighted by molar-refractivity contribution is 0.187. The Morgan fingerprint density at radius 2 is 2.00 bits per heavy atom. The number of nitrogens with one attached hydrogen (secondary N) is 1. The molecule has 2 aromatic heterocycles. The maximum atomic E-state index is 13.0. The van der Waals surface area contributed by atoms with Gasteiger partial charge in [0.05, 0.1) is 23.4 Å². The van der Waals surface area contributed by atoms with E-state index in [1.807, 2.05) is 13.0 Å². The number of aryl methyl sites for hydroxylation is 1. The first kappa shape index (κ1) is 18.4. The largest absolute Gasteiger partial charge is 0.453 e. The summed E-state index contributed by atoms with van der Waals surface area (Å²) >= 11 is 0. The molecule has 1 amide bonds. The number of hydrogen-bond acceptors (Lipinski definition) is 6. The first-order valence-corrected chi connectivity index (χ1v) is 10.1. The molecule has 0 bridgehead atoms. The normalized spacial score (nSPS) is 14.6. The summed E-state index contributed by atoms with van der Waals surface area (Å²) in [5.41, 5.74) is 3.92. The maximum absolute atomic E-state index is 13.0. The number of nitrogens with zero attached hydrogens (tertiary/aromatic N) is 4. The van der Waals surface area contributed by atoms with Gasteiger partial charge in [-0.15, -0.1) is 0 Å². The van der Waals surface area contributed by atoms with Crippen LogP contribution in [0, 0.1) is 6.92 Å². The number of anilines is 1. The van der Waals surface area contributed by atoms with Gasteiger partial charge in [-0.3, -0.25) is 5.32 Å². The van der Waals surface area contributed by atoms with Gasteiger partial charge in [-0.2, -0.15) is 9.40 Å². The summed E-state index contributed by atoms with van der Waals surface area (Å²) in [5.74, 6) is 0. The molecule has 10 heteroatoms. The second kappa shape index (κ2) is 6.88. The highest BCUT2D eigenvalue weighted by Gasteiger charge is 2.30. The predicted octanol–water partition coefficient (Wildman–Crippen LogP) is 1.96. The van der Waals surface area contributed by atoms with E-state index in [0.717, 1.165) is 22.6 Å². The Morgan fingerprint density at radius 1 is 1.25 bits per heavy atom. The maximum Gasteiger partial charge on any atom is 0.411 e. The van der Waals surface area contributed by atoms with Crippen LogP contribution in [0.4, 0.5) is 10.5 Å². The van der Waals surface area contributed by atoms with Gasteiger partial charge in [-0.05, 0) is 31.2 Å². The van der Waals surface area contributed by atoms with Crippen LogP contribution in [0.25, 0.3) is 5.65 Å². The van der Waals surface area contributed by atoms with E-state index in [4.69, 9.17) is 0 Å². The Morgan fingerprint density at radius 3 is 2.71 bits per heavy atom. The van der Waals surface area contributed by atoms with Crippen molar-refractivity contribution in [1.82, 2.24) is 18.9 Å². The minimum atomic E-state index is -3.67. The number of benzene rings is 1. The molecule has 0 fully saturated rings. The van der Waals surface area contributed by atoms with E-state index in [0.29, 0.717) is 18.7 Å². The smallest absolute Gasteiger partial charge is 0.411 e. The van der Waals surface area contributed by atoms with Crippen molar-refractivity contribution in [1.29, 1.82) is 0 Å². The van der Waals surface area contributed by atoms with E-state index >= 15 is 0 Å². The molecule has 0 radical (unpaired) electrons. The third kappa shape index (κ3) is 3.20. The molecular formula is C18H19N5O4S. The molecule has 3 aromatic rings. The monoisotopic (exact) mass is 401 g/mol. The molecule has 0 atom stereocenters. The van der Waals surface area contributed by atoms with Crippen LogP contribution in [0.5, 0.6) is 0 Å². The number of carbonyl (C=O) groups excluding carboxylic acids is 1. The third-order valence-corrected chi connectivity index (χ3v) is 6.52. The Kier molecular flexibility index (Phi) is 4.52. The number of carbonyl (C=O) groups is 1. The first-order valence-electron chi connectivity index (χ1n) is 8.67. The molecule has 146 valence electrons. The number of sulfonamides is 1. The van der Waals surface area contributed by atoms with E-state index in [-0.39, 0.29) is 11.4 Å². The molecule has 0 aliphatic carbocycles. The molecule has 1 aromatic carbocycles. The fourth-order valence-electron chi connectivity index (χ4n) is 3.26. The summed E-state index contributed by atoms with van der Waals surface area (Å²) in [4.78, 5) is 15.8. The highest BCUT2D eigenvalue weighted by molar-refractivity contribution is 7.89. The Labute approximate surface area is 162 Å². The number of rotatable bonds is 3. The predicted molar refractivity (Wildman–Crippen MR) is 101 cm³/mol. The van der Waals surface area contributed by atoms with Gasteiger partial charge in [0, 0.05) is 43.0 Å². The van der Waals surface area contributed by atoms with Crippen LogP contribution in [-0.2, 0) is 27.7 Å². The number of ether oxygens (including phenoxy) is 1. The van der Waals surface area contributed by atoms with Gasteiger partial charge in [0.1, 0.15) is 0 Å². The van der Waals surface area contributed by atoms with Crippen molar-refractivity contribution >= 4 is 27.5 Å². The van der Waals surface area contributed by atoms with Gasteiger partial charge in [-0.25, -0.2) is 22.7 Å². The van der Waals surface area contributed by atoms with Gasteiger partial charge in [-0.1, -0.05) is 0 Å². The van der Waals surface area contributed by atoms with Crippen LogP contribution in [-0.4, -0.2) is 47.1 Å². The average molecular weight is 401 g/mol. The summed E-state index contributed by atoms with van der Waals surface area (Å²) in [6.45, 7) is 2.50. The standard InChI is InChI=1S/C18H19N5O4S/c1-12-9-17-19-10-13-11-22(8-7-16(13)23(17)21-12)28(25,26)15-5-3-14(4-6-15)20-18(24)27-2/h3-6,9-10H,7-8,11H2,1-2H3,(H,20,24). The summed E-state index contributed by atoms with van der Waals surface area (Å²) in [6, 6.07) is 7.88. The Bertz CT molecular complexity index is 1150. The highest BCUT2D eigenvalue weighted by atomic mass is 32.2. The number of hydrogen-bond donors (Lipinski definition) is 1. The lowest BCUT2D eigenvalue weighted by atomic mass is 10.1. The van der Waals surface area contributed by atoms with Crippen LogP contribution in [0.1, 0.15) is 17.0 Å². The summed E-state index contributed by atoms with van der Waals surface area (Å²) in [6.07, 6.45) is 1.66. The molecule has 4 rings (SSSR count). The summed E-state index contributed by atoms with van der Waals surface area (Å²) in [5, 5.41) is 6.95. The fourth-order valence-corrected chi connectivity index (χ4v) is 4.68. The quantitative estimate of drug-likeness (QED) is 0.719. The number of amides is 1. The number of aromatic nitrogens is 3. The number of fused-ring (bicyclic) bond motifs is 3. The number of methoxy groups -OCH3 is 1. The molecule has 0 saturated heterocycles. The Hall–Kier alpha value is -2.98. The van der Waals surface area contributed by atoms with Gasteiger partial charge in [0.2, 0.25) is 10.0 Å². The lowest BCUT2D eigenvalue weighted by Gasteiger charge is -2.28. The average Bonchev–Trinajstić information content (AvgIpc) is 3.08. The second-order valence-electron chi connectivity index (χ2n) is 6.52. The molecule has 1 aliphatic rings. The molecule has 1 aliphatic heterocycles. The fraction of sp³-hybridized carbons (Fsp3) is 0.278. The van der Waals surface area contributed by atoms with E-state index < -0.39 is 16.1 Å². The SMILES string of the molecule is COC(=O)Nc1ccc(S(=O)(=O)N2CCc3c(cnc4cc(C)nn34)C2)cc1. The molecule has 1 N–H and O–H groups in total. The zero-order valence-corrected chi connectivity index (χ0v) is 16.2. The minimum absolute atomic E-state index is 0.162. The van der Waals surface area contributed by atoms with Crippen molar-refractivity contribution in [2.24, 2.45) is 0 Å².